The summed E-state index contributed by atoms with van der Waals surface area (Å²) in [5.41, 5.74) is 2.29. The molecule has 3 aromatic rings. The van der Waals surface area contributed by atoms with Crippen LogP contribution in [0.25, 0.3) is 16.8 Å². The molecular weight excluding hydrogens is 519 g/mol. The number of rotatable bonds is 5. The van der Waals surface area contributed by atoms with Crippen LogP contribution in [0.5, 0.6) is 0 Å². The van der Waals surface area contributed by atoms with Crippen LogP contribution in [0.1, 0.15) is 18.1 Å². The van der Waals surface area contributed by atoms with E-state index in [1.165, 1.54) is 22.2 Å². The van der Waals surface area contributed by atoms with E-state index in [1.807, 2.05) is 0 Å². The molecule has 11 nitrogen and oxygen atoms in total. The lowest BCUT2D eigenvalue weighted by Crippen LogP contribution is -2.52. The molecule has 5 rings (SSSR count). The summed E-state index contributed by atoms with van der Waals surface area (Å²) in [6.45, 7) is 2.48. The number of halogens is 2. The maximum absolute atomic E-state index is 15.3. The Morgan fingerprint density at radius 1 is 1.21 bits per heavy atom. The minimum Gasteiger partial charge on any atom is -0.465 e. The van der Waals surface area contributed by atoms with Crippen molar-refractivity contribution in [3.8, 4) is 11.3 Å². The van der Waals surface area contributed by atoms with Crippen molar-refractivity contribution in [2.24, 2.45) is 0 Å². The highest BCUT2D eigenvalue weighted by atomic mass is 35.5. The van der Waals surface area contributed by atoms with Gasteiger partial charge in [-0.3, -0.25) is 19.4 Å². The quantitative estimate of drug-likeness (QED) is 0.486. The zero-order valence-corrected chi connectivity index (χ0v) is 21.6. The van der Waals surface area contributed by atoms with Gasteiger partial charge in [0.05, 0.1) is 56.1 Å². The Kier molecular flexibility index (Phi) is 7.03. The number of carboxylic acid groups (broad SMARTS) is 1. The van der Waals surface area contributed by atoms with Gasteiger partial charge in [-0.15, -0.1) is 0 Å². The number of fused-ring (bicyclic) bond motifs is 1. The molecule has 0 aliphatic carbocycles. The van der Waals surface area contributed by atoms with Crippen molar-refractivity contribution in [3.05, 3.63) is 52.7 Å². The maximum Gasteiger partial charge on any atom is 0.407 e. The van der Waals surface area contributed by atoms with E-state index >= 15 is 4.39 Å². The van der Waals surface area contributed by atoms with Crippen molar-refractivity contribution in [1.82, 2.24) is 29.3 Å². The fourth-order valence-corrected chi connectivity index (χ4v) is 5.23. The predicted octanol–water partition coefficient (Wildman–Crippen LogP) is 2.30. The van der Waals surface area contributed by atoms with E-state index in [0.29, 0.717) is 22.3 Å². The van der Waals surface area contributed by atoms with Gasteiger partial charge >= 0.3 is 6.09 Å². The zero-order valence-electron chi connectivity index (χ0n) is 20.8. The molecule has 1 unspecified atom stereocenters. The van der Waals surface area contributed by atoms with E-state index < -0.39 is 18.0 Å². The summed E-state index contributed by atoms with van der Waals surface area (Å²) >= 11 is 6.24. The highest BCUT2D eigenvalue weighted by Crippen LogP contribution is 2.33. The number of morpholine rings is 1. The molecule has 4 heterocycles. The van der Waals surface area contributed by atoms with Gasteiger partial charge in [0.1, 0.15) is 12.1 Å². The number of nitrogens with zero attached hydrogens (tertiary/aromatic N) is 6. The van der Waals surface area contributed by atoms with Gasteiger partial charge in [-0.1, -0.05) is 11.6 Å². The smallest absolute Gasteiger partial charge is 0.407 e. The molecule has 38 heavy (non-hydrogen) atoms. The third kappa shape index (κ3) is 5.19. The van der Waals surface area contributed by atoms with E-state index in [4.69, 9.17) is 16.3 Å². The number of ether oxygens (including phenoxy) is 1. The number of imide groups is 1. The minimum atomic E-state index is -1.06. The third-order valence-corrected chi connectivity index (χ3v) is 6.88. The first-order valence-corrected chi connectivity index (χ1v) is 12.4. The maximum atomic E-state index is 15.3. The summed E-state index contributed by atoms with van der Waals surface area (Å²) in [6, 6.07) is 4.56. The Bertz CT molecular complexity index is 1410. The average Bonchev–Trinajstić information content (AvgIpc) is 3.25. The van der Waals surface area contributed by atoms with Crippen LogP contribution in [0, 0.1) is 5.82 Å². The molecule has 0 radical (unpaired) electrons. The van der Waals surface area contributed by atoms with Crippen LogP contribution in [-0.2, 0) is 27.3 Å². The second kappa shape index (κ2) is 10.3. The molecule has 0 bridgehead atoms. The molecule has 0 saturated carbocycles. The number of carbonyl (C=O) groups is 3. The van der Waals surface area contributed by atoms with Crippen LogP contribution in [0.2, 0.25) is 5.02 Å². The Hall–Kier alpha value is -3.61. The van der Waals surface area contributed by atoms with Crippen molar-refractivity contribution in [2.75, 3.05) is 33.2 Å². The van der Waals surface area contributed by atoms with E-state index in [9.17, 15) is 19.5 Å². The molecule has 3 amide bonds. The standard InChI is InChI=1S/C25H26ClFN6O5/c1-14-7-31(25(36)37)10-17(38-14)6-18-19(4-16(26)5-20(18)27)24-21-3-15(9-33(21)29-13-28-24)8-32-22(34)11-30(2)12-23(32)35/h3-5,9,13-14,17H,6-8,10-12H2,1-2H3,(H,36,37)/t14-,17?/m0/s1. The summed E-state index contributed by atoms with van der Waals surface area (Å²) in [5.74, 6) is -1.14. The molecule has 1 aromatic carbocycles. The van der Waals surface area contributed by atoms with Crippen molar-refractivity contribution in [2.45, 2.75) is 32.1 Å². The summed E-state index contributed by atoms with van der Waals surface area (Å²) in [4.78, 5) is 45.0. The molecule has 2 aromatic heterocycles. The molecule has 1 N–H and O–H groups in total. The number of hydrogen-bond donors (Lipinski definition) is 1. The van der Waals surface area contributed by atoms with E-state index in [1.54, 1.807) is 41.7 Å². The van der Waals surface area contributed by atoms with Crippen molar-refractivity contribution < 1.29 is 28.6 Å². The highest BCUT2D eigenvalue weighted by Gasteiger charge is 2.31. The Morgan fingerprint density at radius 3 is 2.66 bits per heavy atom. The topological polar surface area (TPSA) is 121 Å². The molecular formula is C25H26ClFN6O5. The van der Waals surface area contributed by atoms with Crippen LogP contribution >= 0.6 is 11.6 Å². The van der Waals surface area contributed by atoms with Crippen molar-refractivity contribution in [1.29, 1.82) is 0 Å². The van der Waals surface area contributed by atoms with Gasteiger partial charge in [0, 0.05) is 28.8 Å². The Balaban J connectivity index is 1.50. The zero-order chi connectivity index (χ0) is 27.1. The first kappa shape index (κ1) is 26.0. The normalized spacial score (nSPS) is 20.9. The lowest BCUT2D eigenvalue weighted by Gasteiger charge is -2.35. The predicted molar refractivity (Wildman–Crippen MR) is 134 cm³/mol. The van der Waals surface area contributed by atoms with Gasteiger partial charge in [-0.2, -0.15) is 5.10 Å². The van der Waals surface area contributed by atoms with Gasteiger partial charge in [-0.05, 0) is 37.7 Å². The van der Waals surface area contributed by atoms with Crippen molar-refractivity contribution in [3.63, 3.8) is 0 Å². The second-order valence-electron chi connectivity index (χ2n) is 9.71. The van der Waals surface area contributed by atoms with Crippen LogP contribution in [-0.4, -0.2) is 97.7 Å². The fraction of sp³-hybridized carbons (Fsp3) is 0.400. The molecule has 2 fully saturated rings. The van der Waals surface area contributed by atoms with Gasteiger partial charge in [0.25, 0.3) is 0 Å². The number of likely N-dealkylation sites (N-methyl/N-ethyl adjacent to an activating group) is 1. The molecule has 2 atom stereocenters. The van der Waals surface area contributed by atoms with Crippen LogP contribution < -0.4 is 0 Å². The largest absolute Gasteiger partial charge is 0.465 e. The van der Waals surface area contributed by atoms with Crippen molar-refractivity contribution >= 4 is 35.0 Å². The second-order valence-corrected chi connectivity index (χ2v) is 10.1. The summed E-state index contributed by atoms with van der Waals surface area (Å²) in [6.07, 6.45) is 1.14. The van der Waals surface area contributed by atoms with E-state index in [2.05, 4.69) is 10.1 Å². The minimum absolute atomic E-state index is 0.0733. The average molecular weight is 545 g/mol. The number of piperazine rings is 1. The first-order valence-electron chi connectivity index (χ1n) is 12.0. The molecule has 2 aliphatic rings. The highest BCUT2D eigenvalue weighted by molar-refractivity contribution is 6.31. The monoisotopic (exact) mass is 544 g/mol. The molecule has 200 valence electrons. The van der Waals surface area contributed by atoms with Crippen LogP contribution in [0.4, 0.5) is 9.18 Å². The lowest BCUT2D eigenvalue weighted by atomic mass is 9.97. The summed E-state index contributed by atoms with van der Waals surface area (Å²) in [7, 11) is 1.71. The van der Waals surface area contributed by atoms with Gasteiger partial charge in [0.2, 0.25) is 11.8 Å². The number of carbonyl (C=O) groups excluding carboxylic acids is 2. The molecule has 0 spiro atoms. The number of amides is 3. The summed E-state index contributed by atoms with van der Waals surface area (Å²) < 4.78 is 22.8. The van der Waals surface area contributed by atoms with Gasteiger partial charge in [-0.25, -0.2) is 18.7 Å². The van der Waals surface area contributed by atoms with Gasteiger partial charge < -0.3 is 14.7 Å². The SMILES string of the molecule is C[C@H]1CN(C(=O)O)CC(Cc2c(F)cc(Cl)cc2-c2ncnn3cc(CN4C(=O)CN(C)CC4=O)cc23)O1. The summed E-state index contributed by atoms with van der Waals surface area (Å²) in [5, 5.41) is 13.9. The lowest BCUT2D eigenvalue weighted by molar-refractivity contribution is -0.151. The van der Waals surface area contributed by atoms with Crippen LogP contribution in [0.15, 0.2) is 30.7 Å². The Labute approximate surface area is 222 Å². The molecule has 2 aliphatic heterocycles. The van der Waals surface area contributed by atoms with E-state index in [0.717, 1.165) is 0 Å². The van der Waals surface area contributed by atoms with Gasteiger partial charge in [0.15, 0.2) is 0 Å². The fourth-order valence-electron chi connectivity index (χ4n) is 5.03. The van der Waals surface area contributed by atoms with Crippen LogP contribution in [0.3, 0.4) is 0 Å². The number of hydrogen-bond acceptors (Lipinski definition) is 7. The molecule has 13 heteroatoms. The van der Waals surface area contributed by atoms with E-state index in [-0.39, 0.29) is 67.6 Å². The number of aromatic nitrogens is 3. The third-order valence-electron chi connectivity index (χ3n) is 6.66. The first-order chi connectivity index (χ1) is 18.1. The molecule has 2 saturated heterocycles. The number of benzene rings is 1. The Morgan fingerprint density at radius 2 is 1.95 bits per heavy atom.